The van der Waals surface area contributed by atoms with Gasteiger partial charge in [-0.25, -0.2) is 4.79 Å². The van der Waals surface area contributed by atoms with Crippen molar-refractivity contribution >= 4 is 23.4 Å². The van der Waals surface area contributed by atoms with E-state index in [0.717, 1.165) is 22.6 Å². The maximum atomic E-state index is 12.6. The first-order valence-corrected chi connectivity index (χ1v) is 10.1. The molecule has 1 saturated carbocycles. The van der Waals surface area contributed by atoms with Crippen molar-refractivity contribution in [1.29, 1.82) is 0 Å². The van der Waals surface area contributed by atoms with Gasteiger partial charge < -0.3 is 5.11 Å². The summed E-state index contributed by atoms with van der Waals surface area (Å²) in [7, 11) is 0. The molecule has 3 aromatic carbocycles. The zero-order valence-electron chi connectivity index (χ0n) is 15.9. The second-order valence-corrected chi connectivity index (χ2v) is 8.03. The highest BCUT2D eigenvalue weighted by molar-refractivity contribution is 6.30. The van der Waals surface area contributed by atoms with E-state index in [9.17, 15) is 14.7 Å². The molecule has 146 valence electrons. The summed E-state index contributed by atoms with van der Waals surface area (Å²) in [6.45, 7) is 0. The van der Waals surface area contributed by atoms with E-state index in [1.807, 2.05) is 24.3 Å². The van der Waals surface area contributed by atoms with Crippen LogP contribution in [0.4, 0.5) is 0 Å². The molecule has 0 atom stereocenters. The number of hydrogen-bond donors (Lipinski definition) is 1. The predicted octanol–water partition coefficient (Wildman–Crippen LogP) is 5.94. The fourth-order valence-electron chi connectivity index (χ4n) is 3.65. The smallest absolute Gasteiger partial charge is 0.335 e. The summed E-state index contributed by atoms with van der Waals surface area (Å²) >= 11 is 5.98. The molecule has 1 fully saturated rings. The molecule has 0 bridgehead atoms. The van der Waals surface area contributed by atoms with E-state index in [-0.39, 0.29) is 24.2 Å². The van der Waals surface area contributed by atoms with Crippen LogP contribution in [0.2, 0.25) is 5.02 Å². The van der Waals surface area contributed by atoms with Gasteiger partial charge in [0, 0.05) is 17.9 Å². The van der Waals surface area contributed by atoms with Crippen LogP contribution >= 0.6 is 11.6 Å². The molecule has 1 aliphatic carbocycles. The van der Waals surface area contributed by atoms with E-state index in [0.29, 0.717) is 10.6 Å². The van der Waals surface area contributed by atoms with Crippen LogP contribution in [0.3, 0.4) is 0 Å². The first-order valence-electron chi connectivity index (χ1n) is 9.72. The third-order valence-electron chi connectivity index (χ3n) is 5.31. The third kappa shape index (κ3) is 4.75. The first-order chi connectivity index (χ1) is 14.0. The number of rotatable bonds is 7. The van der Waals surface area contributed by atoms with Gasteiger partial charge >= 0.3 is 5.97 Å². The van der Waals surface area contributed by atoms with Crippen LogP contribution in [0.25, 0.3) is 11.1 Å². The Balaban J connectivity index is 1.48. The van der Waals surface area contributed by atoms with Gasteiger partial charge in [-0.3, -0.25) is 4.79 Å². The summed E-state index contributed by atoms with van der Waals surface area (Å²) < 4.78 is 0. The van der Waals surface area contributed by atoms with Crippen molar-refractivity contribution in [2.24, 2.45) is 0 Å². The summed E-state index contributed by atoms with van der Waals surface area (Å²) in [6.07, 6.45) is 2.86. The van der Waals surface area contributed by atoms with Crippen molar-refractivity contribution in [2.75, 3.05) is 0 Å². The van der Waals surface area contributed by atoms with E-state index in [1.54, 1.807) is 6.07 Å². The lowest BCUT2D eigenvalue weighted by atomic mass is 9.96. The highest BCUT2D eigenvalue weighted by Crippen LogP contribution is 2.40. The Morgan fingerprint density at radius 3 is 2.34 bits per heavy atom. The second-order valence-electron chi connectivity index (χ2n) is 7.60. The van der Waals surface area contributed by atoms with Gasteiger partial charge in [-0.1, -0.05) is 60.1 Å². The Kier molecular flexibility index (Phi) is 5.50. The van der Waals surface area contributed by atoms with Crippen LogP contribution in [-0.4, -0.2) is 16.9 Å². The quantitative estimate of drug-likeness (QED) is 0.530. The van der Waals surface area contributed by atoms with E-state index in [1.165, 1.54) is 30.5 Å². The van der Waals surface area contributed by atoms with Crippen LogP contribution in [0.15, 0.2) is 66.7 Å². The minimum atomic E-state index is -1.05. The number of carbonyl (C=O) groups excluding carboxylic acids is 1. The molecule has 0 aliphatic heterocycles. The number of ketones is 1. The van der Waals surface area contributed by atoms with Crippen LogP contribution in [0.5, 0.6) is 0 Å². The average Bonchev–Trinajstić information content (AvgIpc) is 3.53. The molecule has 0 spiro atoms. The second kappa shape index (κ2) is 8.22. The Morgan fingerprint density at radius 2 is 1.66 bits per heavy atom. The van der Waals surface area contributed by atoms with Crippen molar-refractivity contribution in [1.82, 2.24) is 0 Å². The zero-order chi connectivity index (χ0) is 20.4. The van der Waals surface area contributed by atoms with Gasteiger partial charge in [-0.15, -0.1) is 0 Å². The van der Waals surface area contributed by atoms with E-state index >= 15 is 0 Å². The number of carboxylic acid groups (broad SMARTS) is 1. The summed E-state index contributed by atoms with van der Waals surface area (Å²) in [4.78, 5) is 24.0. The number of halogens is 1. The van der Waals surface area contributed by atoms with E-state index in [4.69, 9.17) is 11.6 Å². The maximum Gasteiger partial charge on any atom is 0.335 e. The minimum absolute atomic E-state index is 0.0442. The SMILES string of the molecule is O=C(Cc1cccc(-c2ccc(C3CC3)cc2)c1)Cc1cc(Cl)ccc1C(=O)O. The molecule has 1 N–H and O–H groups in total. The van der Waals surface area contributed by atoms with Gasteiger partial charge in [0.05, 0.1) is 5.56 Å². The summed E-state index contributed by atoms with van der Waals surface area (Å²) in [5.74, 6) is -0.368. The van der Waals surface area contributed by atoms with Crippen LogP contribution in [-0.2, 0) is 17.6 Å². The number of carboxylic acids is 1. The number of benzene rings is 3. The Bertz CT molecular complexity index is 1070. The molecule has 4 heteroatoms. The number of Topliss-reactive ketones (excluding diaryl/α,β-unsaturated/α-hetero) is 1. The molecule has 1 aliphatic rings. The standard InChI is InChI=1S/C25H21ClO3/c26-22-10-11-24(25(28)29)21(14-22)15-23(27)13-16-2-1-3-20(12-16)19-8-6-18(7-9-19)17-4-5-17/h1-3,6-12,14,17H,4-5,13,15H2,(H,28,29). The Labute approximate surface area is 175 Å². The minimum Gasteiger partial charge on any atom is -0.478 e. The van der Waals surface area contributed by atoms with E-state index in [2.05, 4.69) is 24.3 Å². The molecule has 29 heavy (non-hydrogen) atoms. The molecule has 0 unspecified atom stereocenters. The van der Waals surface area contributed by atoms with Crippen LogP contribution < -0.4 is 0 Å². The van der Waals surface area contributed by atoms with E-state index < -0.39 is 5.97 Å². The van der Waals surface area contributed by atoms with Crippen LogP contribution in [0.1, 0.15) is 45.8 Å². The topological polar surface area (TPSA) is 54.4 Å². The highest BCUT2D eigenvalue weighted by atomic mass is 35.5. The van der Waals surface area contributed by atoms with Crippen molar-refractivity contribution in [3.8, 4) is 11.1 Å². The monoisotopic (exact) mass is 404 g/mol. The van der Waals surface area contributed by atoms with Gasteiger partial charge in [0.2, 0.25) is 0 Å². The molecule has 0 radical (unpaired) electrons. The lowest BCUT2D eigenvalue weighted by Gasteiger charge is -2.08. The lowest BCUT2D eigenvalue weighted by molar-refractivity contribution is -0.117. The Hall–Kier alpha value is -2.91. The molecular formula is C25H21ClO3. The summed E-state index contributed by atoms with van der Waals surface area (Å²) in [6, 6.07) is 21.1. The van der Waals surface area contributed by atoms with Crippen LogP contribution in [0, 0.1) is 0 Å². The van der Waals surface area contributed by atoms with Gasteiger partial charge in [0.15, 0.2) is 0 Å². The first kappa shape index (κ1) is 19.4. The molecule has 3 nitrogen and oxygen atoms in total. The number of carbonyl (C=O) groups is 2. The number of hydrogen-bond acceptors (Lipinski definition) is 2. The van der Waals surface area contributed by atoms with Crippen molar-refractivity contribution < 1.29 is 14.7 Å². The highest BCUT2D eigenvalue weighted by Gasteiger charge is 2.23. The largest absolute Gasteiger partial charge is 0.478 e. The number of aromatic carboxylic acids is 1. The molecule has 0 aromatic heterocycles. The Morgan fingerprint density at radius 1 is 0.897 bits per heavy atom. The lowest BCUT2D eigenvalue weighted by Crippen LogP contribution is -2.11. The maximum absolute atomic E-state index is 12.6. The summed E-state index contributed by atoms with van der Waals surface area (Å²) in [5.41, 5.74) is 5.08. The molecule has 3 aromatic rings. The molecule has 4 rings (SSSR count). The third-order valence-corrected chi connectivity index (χ3v) is 5.54. The van der Waals surface area contributed by atoms with Crippen molar-refractivity contribution in [2.45, 2.75) is 31.6 Å². The van der Waals surface area contributed by atoms with Gasteiger partial charge in [-0.2, -0.15) is 0 Å². The average molecular weight is 405 g/mol. The zero-order valence-corrected chi connectivity index (χ0v) is 16.7. The molecular weight excluding hydrogens is 384 g/mol. The van der Waals surface area contributed by atoms with Gasteiger partial charge in [-0.05, 0) is 64.8 Å². The summed E-state index contributed by atoms with van der Waals surface area (Å²) in [5, 5.41) is 9.75. The van der Waals surface area contributed by atoms with Gasteiger partial charge in [0.1, 0.15) is 5.78 Å². The predicted molar refractivity (Wildman–Crippen MR) is 115 cm³/mol. The molecule has 0 heterocycles. The molecule has 0 saturated heterocycles. The normalized spacial score (nSPS) is 13.3. The van der Waals surface area contributed by atoms with Crippen molar-refractivity contribution in [3.05, 3.63) is 94.0 Å². The fraction of sp³-hybridized carbons (Fsp3) is 0.200. The molecule has 0 amide bonds. The van der Waals surface area contributed by atoms with Gasteiger partial charge in [0.25, 0.3) is 0 Å². The fourth-order valence-corrected chi connectivity index (χ4v) is 3.84. The van der Waals surface area contributed by atoms with Crippen molar-refractivity contribution in [3.63, 3.8) is 0 Å².